The highest BCUT2D eigenvalue weighted by atomic mass is 16.5. The van der Waals surface area contributed by atoms with Crippen molar-refractivity contribution in [2.45, 2.75) is 52.7 Å². The van der Waals surface area contributed by atoms with Crippen molar-refractivity contribution in [1.82, 2.24) is 9.80 Å². The van der Waals surface area contributed by atoms with E-state index in [0.29, 0.717) is 13.2 Å². The molecule has 1 fully saturated rings. The topological polar surface area (TPSA) is 44.8 Å². The zero-order valence-electron chi connectivity index (χ0n) is 21.2. The molecule has 4 rings (SSSR count). The zero-order chi connectivity index (χ0) is 24.6. The second kappa shape index (κ2) is 11.9. The summed E-state index contributed by atoms with van der Waals surface area (Å²) in [5, 5.41) is 3.23. The molecule has 1 saturated heterocycles. The molecule has 35 heavy (non-hydrogen) atoms. The molecule has 184 valence electrons. The van der Waals surface area contributed by atoms with Gasteiger partial charge < -0.3 is 15.0 Å². The summed E-state index contributed by atoms with van der Waals surface area (Å²) in [6.45, 7) is 10.2. The summed E-state index contributed by atoms with van der Waals surface area (Å²) in [5.74, 6) is 0.858. The van der Waals surface area contributed by atoms with Crippen LogP contribution in [0.5, 0.6) is 5.75 Å². The van der Waals surface area contributed by atoms with Gasteiger partial charge in [0.2, 0.25) is 0 Å². The van der Waals surface area contributed by atoms with E-state index in [-0.39, 0.29) is 12.1 Å². The summed E-state index contributed by atoms with van der Waals surface area (Å²) in [7, 11) is 0. The number of aryl methyl sites for hydroxylation is 2. The Hall–Kier alpha value is -3.31. The van der Waals surface area contributed by atoms with Crippen molar-refractivity contribution in [1.29, 1.82) is 0 Å². The number of carbonyl (C=O) groups is 1. The van der Waals surface area contributed by atoms with E-state index in [0.717, 1.165) is 60.6 Å². The number of nitrogens with one attached hydrogen (secondary N) is 1. The number of para-hydroxylation sites is 1. The summed E-state index contributed by atoms with van der Waals surface area (Å²) in [5.41, 5.74) is 5.52. The van der Waals surface area contributed by atoms with Crippen molar-refractivity contribution in [3.05, 3.63) is 95.1 Å². The Morgan fingerprint density at radius 1 is 0.914 bits per heavy atom. The first-order valence-electron chi connectivity index (χ1n) is 12.7. The predicted octanol–water partition coefficient (Wildman–Crippen LogP) is 6.40. The highest BCUT2D eigenvalue weighted by Gasteiger charge is 2.28. The number of anilines is 1. The van der Waals surface area contributed by atoms with E-state index in [1.165, 1.54) is 5.56 Å². The van der Waals surface area contributed by atoms with E-state index in [4.69, 9.17) is 4.74 Å². The molecule has 0 saturated carbocycles. The molecule has 0 unspecified atom stereocenters. The van der Waals surface area contributed by atoms with E-state index < -0.39 is 0 Å². The maximum absolute atomic E-state index is 13.6. The van der Waals surface area contributed by atoms with Gasteiger partial charge >= 0.3 is 6.03 Å². The van der Waals surface area contributed by atoms with Crippen LogP contribution in [0.15, 0.2) is 72.8 Å². The number of carbonyl (C=O) groups excluding carboxylic acids is 1. The summed E-state index contributed by atoms with van der Waals surface area (Å²) in [6, 6.07) is 25.0. The fraction of sp³-hybridized carbons (Fsp3) is 0.367. The largest absolute Gasteiger partial charge is 0.494 e. The molecule has 1 heterocycles. The average molecular weight is 472 g/mol. The van der Waals surface area contributed by atoms with Gasteiger partial charge in [-0.2, -0.15) is 0 Å². The highest BCUT2D eigenvalue weighted by molar-refractivity contribution is 5.91. The minimum absolute atomic E-state index is 0.0298. The average Bonchev–Trinajstić information content (AvgIpc) is 2.87. The molecule has 1 aliphatic rings. The second-order valence-corrected chi connectivity index (χ2v) is 9.39. The molecule has 1 N–H and O–H groups in total. The Bertz CT molecular complexity index is 1070. The number of ether oxygens (including phenoxy) is 1. The number of nitrogens with zero attached hydrogens (tertiary/aromatic N) is 2. The van der Waals surface area contributed by atoms with Gasteiger partial charge in [-0.05, 0) is 68.0 Å². The van der Waals surface area contributed by atoms with Crippen molar-refractivity contribution in [2.24, 2.45) is 0 Å². The number of benzene rings is 3. The minimum atomic E-state index is -0.0298. The number of hydrogen-bond donors (Lipinski definition) is 1. The van der Waals surface area contributed by atoms with Crippen LogP contribution in [0.2, 0.25) is 0 Å². The number of likely N-dealkylation sites (tertiary alicyclic amines) is 1. The zero-order valence-corrected chi connectivity index (χ0v) is 21.2. The van der Waals surface area contributed by atoms with E-state index in [1.54, 1.807) is 0 Å². The van der Waals surface area contributed by atoms with E-state index in [1.807, 2.05) is 56.0 Å². The van der Waals surface area contributed by atoms with Gasteiger partial charge in [0.05, 0.1) is 6.61 Å². The van der Waals surface area contributed by atoms with Gasteiger partial charge in [-0.25, -0.2) is 4.79 Å². The number of amides is 2. The number of piperidine rings is 1. The first kappa shape index (κ1) is 24.8. The van der Waals surface area contributed by atoms with Crippen molar-refractivity contribution in [3.63, 3.8) is 0 Å². The molecule has 3 aromatic carbocycles. The summed E-state index contributed by atoms with van der Waals surface area (Å²) < 4.78 is 5.60. The number of rotatable bonds is 8. The van der Waals surface area contributed by atoms with Gasteiger partial charge in [0, 0.05) is 37.9 Å². The summed E-state index contributed by atoms with van der Waals surface area (Å²) >= 11 is 0. The number of hydrogen-bond acceptors (Lipinski definition) is 3. The summed E-state index contributed by atoms with van der Waals surface area (Å²) in [6.07, 6.45) is 1.92. The van der Waals surface area contributed by atoms with Crippen LogP contribution in [-0.4, -0.2) is 41.6 Å². The van der Waals surface area contributed by atoms with Gasteiger partial charge in [-0.3, -0.25) is 4.90 Å². The molecule has 0 aromatic heterocycles. The number of urea groups is 1. The third-order valence-electron chi connectivity index (χ3n) is 6.81. The lowest BCUT2D eigenvalue weighted by Crippen LogP contribution is -2.48. The van der Waals surface area contributed by atoms with Crippen LogP contribution in [0, 0.1) is 13.8 Å². The van der Waals surface area contributed by atoms with Gasteiger partial charge in [0.25, 0.3) is 0 Å². The molecule has 5 nitrogen and oxygen atoms in total. The van der Waals surface area contributed by atoms with Crippen LogP contribution in [0.25, 0.3) is 0 Å². The van der Waals surface area contributed by atoms with Crippen molar-refractivity contribution in [2.75, 3.05) is 25.0 Å². The van der Waals surface area contributed by atoms with E-state index in [9.17, 15) is 4.79 Å². The van der Waals surface area contributed by atoms with Crippen LogP contribution in [-0.2, 0) is 13.1 Å². The quantitative estimate of drug-likeness (QED) is 0.413. The van der Waals surface area contributed by atoms with Crippen LogP contribution in [0.1, 0.15) is 42.0 Å². The smallest absolute Gasteiger partial charge is 0.322 e. The second-order valence-electron chi connectivity index (χ2n) is 9.39. The Morgan fingerprint density at radius 3 is 2.20 bits per heavy atom. The van der Waals surface area contributed by atoms with Crippen molar-refractivity contribution >= 4 is 11.7 Å². The molecular formula is C30H37N3O2. The highest BCUT2D eigenvalue weighted by Crippen LogP contribution is 2.25. The SMILES string of the molecule is CCOc1ccc(CN(C(=O)Nc2c(C)cccc2C)C2CCN(Cc3ccccc3)CC2)cc1. The first-order valence-corrected chi connectivity index (χ1v) is 12.7. The molecule has 5 heteroatoms. The molecule has 0 radical (unpaired) electrons. The van der Waals surface area contributed by atoms with Crippen LogP contribution in [0.3, 0.4) is 0 Å². The third kappa shape index (κ3) is 6.64. The van der Waals surface area contributed by atoms with Crippen LogP contribution < -0.4 is 10.1 Å². The van der Waals surface area contributed by atoms with Crippen LogP contribution in [0.4, 0.5) is 10.5 Å². The third-order valence-corrected chi connectivity index (χ3v) is 6.81. The van der Waals surface area contributed by atoms with Crippen molar-refractivity contribution in [3.8, 4) is 5.75 Å². The Kier molecular flexibility index (Phi) is 8.43. The standard InChI is InChI=1S/C30H37N3O2/c1-4-35-28-15-13-26(14-16-28)22-33(30(34)31-29-23(2)9-8-10-24(29)3)27-17-19-32(20-18-27)21-25-11-6-5-7-12-25/h5-16,27H,4,17-22H2,1-3H3,(H,31,34). The predicted molar refractivity (Wildman–Crippen MR) is 143 cm³/mol. The molecule has 0 aliphatic carbocycles. The van der Waals surface area contributed by atoms with Gasteiger partial charge in [0.15, 0.2) is 0 Å². The molecule has 1 aliphatic heterocycles. The van der Waals surface area contributed by atoms with Gasteiger partial charge in [-0.15, -0.1) is 0 Å². The summed E-state index contributed by atoms with van der Waals surface area (Å²) in [4.78, 5) is 18.2. The molecule has 3 aromatic rings. The molecule has 0 atom stereocenters. The first-order chi connectivity index (χ1) is 17.0. The van der Waals surface area contributed by atoms with E-state index in [2.05, 4.69) is 52.7 Å². The lowest BCUT2D eigenvalue weighted by molar-refractivity contribution is 0.120. The molecule has 2 amide bonds. The van der Waals surface area contributed by atoms with Crippen LogP contribution >= 0.6 is 0 Å². The molecule has 0 bridgehead atoms. The molecular weight excluding hydrogens is 434 g/mol. The maximum atomic E-state index is 13.6. The monoisotopic (exact) mass is 471 g/mol. The van der Waals surface area contributed by atoms with E-state index >= 15 is 0 Å². The maximum Gasteiger partial charge on any atom is 0.322 e. The Balaban J connectivity index is 1.48. The van der Waals surface area contributed by atoms with Crippen molar-refractivity contribution < 1.29 is 9.53 Å². The fourth-order valence-corrected chi connectivity index (χ4v) is 4.84. The lowest BCUT2D eigenvalue weighted by atomic mass is 10.0. The fourth-order valence-electron chi connectivity index (χ4n) is 4.84. The van der Waals surface area contributed by atoms with Gasteiger partial charge in [-0.1, -0.05) is 60.7 Å². The van der Waals surface area contributed by atoms with Gasteiger partial charge in [0.1, 0.15) is 5.75 Å². The molecule has 0 spiro atoms. The Labute approximate surface area is 209 Å². The minimum Gasteiger partial charge on any atom is -0.494 e. The lowest BCUT2D eigenvalue weighted by Gasteiger charge is -2.39. The Morgan fingerprint density at radius 2 is 1.57 bits per heavy atom. The normalized spacial score (nSPS) is 14.5.